The van der Waals surface area contributed by atoms with Gasteiger partial charge in [0.1, 0.15) is 0 Å². The zero-order valence-electron chi connectivity index (χ0n) is 31.3. The molecule has 59 heavy (non-hydrogen) atoms. The lowest BCUT2D eigenvalue weighted by molar-refractivity contribution is 0.0600. The van der Waals surface area contributed by atoms with Gasteiger partial charge in [0, 0.05) is 61.7 Å². The molecule has 2 N–H and O–H groups in total. The Kier molecular flexibility index (Phi) is 11.8. The number of hydrogen-bond donors (Lipinski definition) is 2. The summed E-state index contributed by atoms with van der Waals surface area (Å²) in [5.74, 6) is 11.0. The van der Waals surface area contributed by atoms with E-state index in [0.717, 1.165) is 11.1 Å². The number of ether oxygens (including phenoxy) is 1. The molecule has 2 aliphatic rings. The molecule has 0 bridgehead atoms. The first kappa shape index (κ1) is 39.2. The molecule has 0 radical (unpaired) electrons. The second-order valence-electron chi connectivity index (χ2n) is 13.0. The predicted octanol–water partition coefficient (Wildman–Crippen LogP) is 9.36. The maximum Gasteiger partial charge on any atom is 0.337 e. The number of rotatable bonds is 5. The molecule has 8 rings (SSSR count). The van der Waals surface area contributed by atoms with Crippen LogP contribution in [0.25, 0.3) is 0 Å². The highest BCUT2D eigenvalue weighted by atomic mass is 35.5. The first-order valence-electron chi connectivity index (χ1n) is 18.2. The fraction of sp³-hybridized carbons (Fsp3) is 0.0200. The van der Waals surface area contributed by atoms with Gasteiger partial charge in [-0.15, -0.1) is 0 Å². The minimum absolute atomic E-state index is 0.205. The fourth-order valence-corrected chi connectivity index (χ4v) is 6.32. The number of benzene rings is 6. The predicted molar refractivity (Wildman–Crippen MR) is 228 cm³/mol. The van der Waals surface area contributed by atoms with Crippen LogP contribution in [0.15, 0.2) is 169 Å². The lowest BCUT2D eigenvalue weighted by atomic mass is 9.92. The summed E-state index contributed by atoms with van der Waals surface area (Å²) in [6.45, 7) is 0. The topological polar surface area (TPSA) is 119 Å². The number of hydrogen-bond acceptors (Lipinski definition) is 8. The van der Waals surface area contributed by atoms with Crippen LogP contribution in [0.3, 0.4) is 0 Å². The van der Waals surface area contributed by atoms with Crippen LogP contribution in [0.4, 0.5) is 11.4 Å². The molecular weight excluding hydrogens is 760 g/mol. The highest BCUT2D eigenvalue weighted by molar-refractivity contribution is 6.31. The largest absolute Gasteiger partial charge is 0.465 e. The molecule has 0 aromatic heterocycles. The van der Waals surface area contributed by atoms with E-state index in [1.807, 2.05) is 48.5 Å². The zero-order valence-corrected chi connectivity index (χ0v) is 32.1. The molecule has 0 saturated heterocycles. The third kappa shape index (κ3) is 9.17. The summed E-state index contributed by atoms with van der Waals surface area (Å²) in [5.41, 5.74) is 6.58. The van der Waals surface area contributed by atoms with Gasteiger partial charge >= 0.3 is 5.97 Å². The minimum atomic E-state index is -0.407. The van der Waals surface area contributed by atoms with Crippen molar-refractivity contribution in [1.82, 2.24) is 0 Å². The van der Waals surface area contributed by atoms with Crippen molar-refractivity contribution in [1.29, 1.82) is 0 Å². The van der Waals surface area contributed by atoms with Crippen molar-refractivity contribution in [3.8, 4) is 23.7 Å². The van der Waals surface area contributed by atoms with Gasteiger partial charge in [-0.25, -0.2) is 4.79 Å². The molecule has 0 saturated carbocycles. The third-order valence-corrected chi connectivity index (χ3v) is 9.36. The Morgan fingerprint density at radius 2 is 0.983 bits per heavy atom. The molecule has 0 atom stereocenters. The van der Waals surface area contributed by atoms with Crippen molar-refractivity contribution in [2.45, 2.75) is 0 Å². The van der Waals surface area contributed by atoms with Crippen LogP contribution in [0, 0.1) is 23.7 Å². The van der Waals surface area contributed by atoms with E-state index in [9.17, 15) is 24.0 Å². The number of allylic oxidation sites excluding steroid dienone is 4. The van der Waals surface area contributed by atoms with Gasteiger partial charge in [-0.3, -0.25) is 19.2 Å². The second-order valence-corrected chi connectivity index (χ2v) is 13.5. The Morgan fingerprint density at radius 3 is 1.56 bits per heavy atom. The van der Waals surface area contributed by atoms with Crippen molar-refractivity contribution in [2.24, 2.45) is 0 Å². The number of fused-ring (bicyclic) bond motifs is 2. The number of carbonyl (C=O) groups is 5. The van der Waals surface area contributed by atoms with Gasteiger partial charge in [0.15, 0.2) is 11.6 Å². The van der Waals surface area contributed by atoms with Gasteiger partial charge in [-0.2, -0.15) is 0 Å². The Hall–Kier alpha value is -8.04. The van der Waals surface area contributed by atoms with Crippen LogP contribution in [-0.4, -0.2) is 36.2 Å². The molecule has 0 fully saturated rings. The molecule has 0 heterocycles. The number of halogens is 1. The van der Waals surface area contributed by atoms with Gasteiger partial charge in [0.05, 0.1) is 35.4 Å². The Labute approximate surface area is 345 Å². The summed E-state index contributed by atoms with van der Waals surface area (Å²) in [4.78, 5) is 61.9. The van der Waals surface area contributed by atoms with E-state index in [4.69, 9.17) is 16.3 Å². The number of anilines is 2. The number of carbonyl (C=O) groups excluding carboxylic acids is 5. The Bertz CT molecular complexity index is 2870. The smallest absolute Gasteiger partial charge is 0.337 e. The summed E-state index contributed by atoms with van der Waals surface area (Å²) in [7, 11) is 1.33. The first-order chi connectivity index (χ1) is 28.7. The standard InChI is InChI=1S/C26H17NO4.C24H14ClNO2/c1-31-26(30)19-14-11-17(12-15-19)10-13-18-6-2-5-9-22(18)27-23-16-24(28)20-7-3-4-8-21(20)25(23)29;25-18-12-13-21(17(14-18)11-10-16-6-2-1-3-7-16)26-22-15-23(27)19-8-4-5-9-20(19)24(22)28/h2-9,11-12,14-16,27H,1H3;1-9,12-15,26H. The number of methoxy groups -OCH3 is 1. The summed E-state index contributed by atoms with van der Waals surface area (Å²) >= 11 is 6.13. The number of nitrogens with one attached hydrogen (secondary N) is 2. The van der Waals surface area contributed by atoms with E-state index in [0.29, 0.717) is 55.3 Å². The normalized spacial score (nSPS) is 12.4. The average Bonchev–Trinajstić information content (AvgIpc) is 3.27. The van der Waals surface area contributed by atoms with Crippen LogP contribution in [0.2, 0.25) is 5.02 Å². The monoisotopic (exact) mass is 790 g/mol. The number of Topliss-reactive ketones (excluding diaryl/α,β-unsaturated/α-hetero) is 2. The third-order valence-electron chi connectivity index (χ3n) is 9.12. The van der Waals surface area contributed by atoms with E-state index in [-0.39, 0.29) is 34.5 Å². The molecule has 6 aromatic rings. The summed E-state index contributed by atoms with van der Waals surface area (Å²) < 4.78 is 4.69. The Morgan fingerprint density at radius 1 is 0.508 bits per heavy atom. The molecule has 0 spiro atoms. The van der Waals surface area contributed by atoms with Gasteiger partial charge in [0.25, 0.3) is 0 Å². The lowest BCUT2D eigenvalue weighted by Gasteiger charge is -2.17. The SMILES string of the molecule is COC(=O)c1ccc(C#Cc2ccccc2NC2=CC(=O)c3ccccc3C2=O)cc1.O=C1C=C(Nc2ccc(Cl)cc2C#Cc2ccccc2)C(=O)c2ccccc21. The molecule has 0 amide bonds. The van der Waals surface area contributed by atoms with Crippen LogP contribution < -0.4 is 10.6 Å². The fourth-order valence-electron chi connectivity index (χ4n) is 6.14. The van der Waals surface area contributed by atoms with Crippen molar-refractivity contribution < 1.29 is 28.7 Å². The van der Waals surface area contributed by atoms with E-state index in [1.54, 1.807) is 97.1 Å². The van der Waals surface area contributed by atoms with Crippen LogP contribution in [0.5, 0.6) is 0 Å². The number of para-hydroxylation sites is 1. The lowest BCUT2D eigenvalue weighted by Crippen LogP contribution is -2.21. The molecule has 9 heteroatoms. The number of esters is 1. The zero-order chi connectivity index (χ0) is 41.3. The molecule has 8 nitrogen and oxygen atoms in total. The van der Waals surface area contributed by atoms with E-state index < -0.39 is 5.97 Å². The van der Waals surface area contributed by atoms with Gasteiger partial charge in [0.2, 0.25) is 11.6 Å². The molecule has 0 unspecified atom stereocenters. The minimum Gasteiger partial charge on any atom is -0.465 e. The van der Waals surface area contributed by atoms with Gasteiger partial charge in [-0.05, 0) is 66.7 Å². The van der Waals surface area contributed by atoms with Crippen LogP contribution >= 0.6 is 11.6 Å². The van der Waals surface area contributed by atoms with Crippen molar-refractivity contribution in [3.05, 3.63) is 224 Å². The van der Waals surface area contributed by atoms with Gasteiger partial charge in [-0.1, -0.05) is 114 Å². The molecule has 284 valence electrons. The van der Waals surface area contributed by atoms with Crippen LogP contribution in [0.1, 0.15) is 74.0 Å². The van der Waals surface area contributed by atoms with Gasteiger partial charge < -0.3 is 15.4 Å². The summed E-state index contributed by atoms with van der Waals surface area (Å²) in [6.07, 6.45) is 2.65. The molecule has 6 aromatic carbocycles. The van der Waals surface area contributed by atoms with Crippen molar-refractivity contribution >= 4 is 52.1 Å². The highest BCUT2D eigenvalue weighted by Gasteiger charge is 2.27. The van der Waals surface area contributed by atoms with Crippen molar-refractivity contribution in [3.63, 3.8) is 0 Å². The maximum atomic E-state index is 12.8. The second kappa shape index (κ2) is 17.8. The molecular formula is C50H31ClN2O6. The number of ketones is 4. The average molecular weight is 791 g/mol. The first-order valence-corrected chi connectivity index (χ1v) is 18.6. The Balaban J connectivity index is 0.000000180. The van der Waals surface area contributed by atoms with E-state index in [1.165, 1.54) is 19.3 Å². The quantitative estimate of drug-likeness (QED) is 0.131. The summed E-state index contributed by atoms with van der Waals surface area (Å²) in [5, 5.41) is 6.66. The summed E-state index contributed by atoms with van der Waals surface area (Å²) in [6, 6.07) is 42.3. The highest BCUT2D eigenvalue weighted by Crippen LogP contribution is 2.27. The molecule has 0 aliphatic heterocycles. The van der Waals surface area contributed by atoms with Crippen molar-refractivity contribution in [2.75, 3.05) is 17.7 Å². The molecule has 2 aliphatic carbocycles. The van der Waals surface area contributed by atoms with Crippen LogP contribution in [-0.2, 0) is 4.74 Å². The maximum absolute atomic E-state index is 12.8. The van der Waals surface area contributed by atoms with E-state index >= 15 is 0 Å². The van der Waals surface area contributed by atoms with E-state index in [2.05, 4.69) is 34.3 Å².